The Bertz CT molecular complexity index is 760. The van der Waals surface area contributed by atoms with Gasteiger partial charge in [0.05, 0.1) is 16.5 Å². The van der Waals surface area contributed by atoms with E-state index in [4.69, 9.17) is 5.26 Å². The van der Waals surface area contributed by atoms with Gasteiger partial charge in [0.25, 0.3) is 10.0 Å². The number of nitrogens with zero attached hydrogens (tertiary/aromatic N) is 1. The summed E-state index contributed by atoms with van der Waals surface area (Å²) in [7, 11) is -3.67. The van der Waals surface area contributed by atoms with Crippen LogP contribution in [0.4, 0.5) is 5.69 Å². The molecule has 0 bridgehead atoms. The Morgan fingerprint density at radius 1 is 1.14 bits per heavy atom. The Balaban J connectivity index is 2.22. The topological polar surface area (TPSA) is 70.0 Å². The maximum absolute atomic E-state index is 12.3. The molecule has 0 aliphatic carbocycles. The van der Waals surface area contributed by atoms with Crippen molar-refractivity contribution in [3.63, 3.8) is 0 Å². The van der Waals surface area contributed by atoms with Crippen LogP contribution in [0.25, 0.3) is 0 Å². The molecule has 0 amide bonds. The lowest BCUT2D eigenvalue weighted by molar-refractivity contribution is 0.601. The predicted molar refractivity (Wildman–Crippen MR) is 82.4 cm³/mol. The molecule has 0 saturated carbocycles. The Labute approximate surface area is 125 Å². The van der Waals surface area contributed by atoms with Crippen molar-refractivity contribution >= 4 is 15.7 Å². The van der Waals surface area contributed by atoms with Crippen molar-refractivity contribution in [2.24, 2.45) is 0 Å². The first kappa shape index (κ1) is 15.1. The third kappa shape index (κ3) is 3.83. The zero-order chi connectivity index (χ0) is 15.3. The molecule has 0 aliphatic rings. The van der Waals surface area contributed by atoms with Crippen molar-refractivity contribution in [3.05, 3.63) is 59.7 Å². The van der Waals surface area contributed by atoms with Crippen LogP contribution in [-0.2, 0) is 16.4 Å². The first-order valence-corrected chi connectivity index (χ1v) is 8.15. The molecule has 108 valence electrons. The molecule has 0 atom stereocenters. The van der Waals surface area contributed by atoms with Gasteiger partial charge in [0, 0.05) is 5.69 Å². The maximum Gasteiger partial charge on any atom is 0.261 e. The SMILES string of the molecule is CCCc1ccc(NS(=O)(=O)c2cccc(C#N)c2)cc1. The summed E-state index contributed by atoms with van der Waals surface area (Å²) in [5.74, 6) is 0. The zero-order valence-electron chi connectivity index (χ0n) is 11.7. The molecule has 2 aromatic carbocycles. The van der Waals surface area contributed by atoms with Crippen LogP contribution in [0.5, 0.6) is 0 Å². The third-order valence-electron chi connectivity index (χ3n) is 3.02. The number of sulfonamides is 1. The van der Waals surface area contributed by atoms with E-state index in [0.29, 0.717) is 11.3 Å². The molecule has 2 rings (SSSR count). The molecule has 0 heterocycles. The van der Waals surface area contributed by atoms with Gasteiger partial charge in [0.15, 0.2) is 0 Å². The second-order valence-corrected chi connectivity index (χ2v) is 6.37. The fraction of sp³-hybridized carbons (Fsp3) is 0.188. The van der Waals surface area contributed by atoms with E-state index in [1.807, 2.05) is 18.2 Å². The summed E-state index contributed by atoms with van der Waals surface area (Å²) < 4.78 is 27.0. The molecule has 4 nitrogen and oxygen atoms in total. The van der Waals surface area contributed by atoms with Gasteiger partial charge >= 0.3 is 0 Å². The number of rotatable bonds is 5. The molecule has 0 aliphatic heterocycles. The first-order valence-electron chi connectivity index (χ1n) is 6.67. The molecule has 21 heavy (non-hydrogen) atoms. The summed E-state index contributed by atoms with van der Waals surface area (Å²) in [4.78, 5) is 0.0826. The van der Waals surface area contributed by atoms with Gasteiger partial charge in [-0.15, -0.1) is 0 Å². The highest BCUT2D eigenvalue weighted by Crippen LogP contribution is 2.18. The summed E-state index contributed by atoms with van der Waals surface area (Å²) in [5, 5.41) is 8.83. The number of hydrogen-bond acceptors (Lipinski definition) is 3. The molecule has 0 spiro atoms. The summed E-state index contributed by atoms with van der Waals surface area (Å²) in [6.45, 7) is 2.10. The van der Waals surface area contributed by atoms with E-state index in [2.05, 4.69) is 11.6 Å². The number of anilines is 1. The minimum atomic E-state index is -3.67. The smallest absolute Gasteiger partial charge is 0.261 e. The normalized spacial score (nSPS) is 10.9. The van der Waals surface area contributed by atoms with Crippen LogP contribution in [-0.4, -0.2) is 8.42 Å². The van der Waals surface area contributed by atoms with E-state index in [1.54, 1.807) is 24.3 Å². The molecule has 0 radical (unpaired) electrons. The summed E-state index contributed by atoms with van der Waals surface area (Å²) in [6, 6.07) is 15.2. The molecule has 1 N–H and O–H groups in total. The van der Waals surface area contributed by atoms with Gasteiger partial charge in [-0.25, -0.2) is 8.42 Å². The van der Waals surface area contributed by atoms with Gasteiger partial charge in [0.2, 0.25) is 0 Å². The van der Waals surface area contributed by atoms with Crippen LogP contribution in [0.1, 0.15) is 24.5 Å². The Hall–Kier alpha value is -2.32. The number of nitriles is 1. The lowest BCUT2D eigenvalue weighted by atomic mass is 10.1. The van der Waals surface area contributed by atoms with Crippen molar-refractivity contribution in [1.29, 1.82) is 5.26 Å². The number of benzene rings is 2. The van der Waals surface area contributed by atoms with E-state index < -0.39 is 10.0 Å². The summed E-state index contributed by atoms with van der Waals surface area (Å²) in [5.41, 5.74) is 2.00. The second-order valence-electron chi connectivity index (χ2n) is 4.69. The van der Waals surface area contributed by atoms with Crippen LogP contribution < -0.4 is 4.72 Å². The lowest BCUT2D eigenvalue weighted by Gasteiger charge is -2.09. The zero-order valence-corrected chi connectivity index (χ0v) is 12.5. The average molecular weight is 300 g/mol. The van der Waals surface area contributed by atoms with Crippen LogP contribution >= 0.6 is 0 Å². The standard InChI is InChI=1S/C16H16N2O2S/c1-2-4-13-7-9-15(10-8-13)18-21(19,20)16-6-3-5-14(11-16)12-17/h3,5-11,18H,2,4H2,1H3. The van der Waals surface area contributed by atoms with E-state index in [-0.39, 0.29) is 4.90 Å². The van der Waals surface area contributed by atoms with Crippen molar-refractivity contribution in [1.82, 2.24) is 0 Å². The van der Waals surface area contributed by atoms with Crippen LogP contribution in [0, 0.1) is 11.3 Å². The van der Waals surface area contributed by atoms with E-state index >= 15 is 0 Å². The van der Waals surface area contributed by atoms with Gasteiger partial charge < -0.3 is 0 Å². The van der Waals surface area contributed by atoms with Crippen molar-refractivity contribution in [2.45, 2.75) is 24.7 Å². The molecular formula is C16H16N2O2S. The van der Waals surface area contributed by atoms with Crippen LogP contribution in [0.3, 0.4) is 0 Å². The highest BCUT2D eigenvalue weighted by atomic mass is 32.2. The Morgan fingerprint density at radius 3 is 2.48 bits per heavy atom. The number of aryl methyl sites for hydroxylation is 1. The fourth-order valence-electron chi connectivity index (χ4n) is 1.98. The maximum atomic E-state index is 12.3. The van der Waals surface area contributed by atoms with Gasteiger partial charge in [-0.2, -0.15) is 5.26 Å². The molecule has 0 saturated heterocycles. The molecule has 0 fully saturated rings. The minimum Gasteiger partial charge on any atom is -0.280 e. The molecule has 0 aromatic heterocycles. The molecule has 2 aromatic rings. The highest BCUT2D eigenvalue weighted by molar-refractivity contribution is 7.92. The van der Waals surface area contributed by atoms with Crippen molar-refractivity contribution < 1.29 is 8.42 Å². The van der Waals surface area contributed by atoms with E-state index in [9.17, 15) is 8.42 Å². The monoisotopic (exact) mass is 300 g/mol. The Morgan fingerprint density at radius 2 is 1.86 bits per heavy atom. The van der Waals surface area contributed by atoms with Gasteiger partial charge in [0.1, 0.15) is 0 Å². The van der Waals surface area contributed by atoms with Crippen molar-refractivity contribution in [3.8, 4) is 6.07 Å². The molecular weight excluding hydrogens is 284 g/mol. The highest BCUT2D eigenvalue weighted by Gasteiger charge is 2.14. The summed E-state index contributed by atoms with van der Waals surface area (Å²) >= 11 is 0. The van der Waals surface area contributed by atoms with Gasteiger partial charge in [-0.3, -0.25) is 4.72 Å². The quantitative estimate of drug-likeness (QED) is 0.921. The van der Waals surface area contributed by atoms with E-state index in [0.717, 1.165) is 12.8 Å². The van der Waals surface area contributed by atoms with Crippen LogP contribution in [0.2, 0.25) is 0 Å². The summed E-state index contributed by atoms with van der Waals surface area (Å²) in [6.07, 6.45) is 2.02. The molecule has 5 heteroatoms. The van der Waals surface area contributed by atoms with Crippen molar-refractivity contribution in [2.75, 3.05) is 4.72 Å². The fourth-order valence-corrected chi connectivity index (χ4v) is 3.08. The average Bonchev–Trinajstić information content (AvgIpc) is 2.49. The largest absolute Gasteiger partial charge is 0.280 e. The first-order chi connectivity index (χ1) is 10.0. The second kappa shape index (κ2) is 6.42. The van der Waals surface area contributed by atoms with Crippen LogP contribution in [0.15, 0.2) is 53.4 Å². The van der Waals surface area contributed by atoms with E-state index in [1.165, 1.54) is 17.7 Å². The number of hydrogen-bond donors (Lipinski definition) is 1. The van der Waals surface area contributed by atoms with Gasteiger partial charge in [-0.1, -0.05) is 31.5 Å². The minimum absolute atomic E-state index is 0.0826. The lowest BCUT2D eigenvalue weighted by Crippen LogP contribution is -2.13. The van der Waals surface area contributed by atoms with Gasteiger partial charge in [-0.05, 0) is 42.3 Å². The third-order valence-corrected chi connectivity index (χ3v) is 4.40. The Kier molecular flexibility index (Phi) is 4.61. The predicted octanol–water partition coefficient (Wildman–Crippen LogP) is 3.31. The molecule has 0 unspecified atom stereocenters. The number of nitrogens with one attached hydrogen (secondary N) is 1.